The minimum Gasteiger partial charge on any atom is -0.361 e. The highest BCUT2D eigenvalue weighted by atomic mass is 127. The first-order chi connectivity index (χ1) is 8.46. The molecule has 0 aliphatic rings. The highest BCUT2D eigenvalue weighted by Crippen LogP contribution is 2.16. The van der Waals surface area contributed by atoms with Crippen molar-refractivity contribution in [3.05, 3.63) is 28.1 Å². The van der Waals surface area contributed by atoms with Crippen molar-refractivity contribution in [3.8, 4) is 0 Å². The fraction of sp³-hybridized carbons (Fsp3) is 0.462. The Morgan fingerprint density at radius 1 is 1.33 bits per heavy atom. The molecule has 0 aliphatic carbocycles. The van der Waals surface area contributed by atoms with Crippen LogP contribution in [0.1, 0.15) is 0 Å². The van der Waals surface area contributed by atoms with Gasteiger partial charge in [-0.25, -0.2) is 4.98 Å². The van der Waals surface area contributed by atoms with Crippen LogP contribution in [0.3, 0.4) is 0 Å². The second-order valence-electron chi connectivity index (χ2n) is 5.70. The molecule has 18 heavy (non-hydrogen) atoms. The zero-order valence-electron chi connectivity index (χ0n) is 11.1. The second-order valence-corrected chi connectivity index (χ2v) is 12.6. The Hall–Kier alpha value is -0.403. The number of rotatable bonds is 5. The summed E-state index contributed by atoms with van der Waals surface area (Å²) >= 11 is 2.30. The van der Waals surface area contributed by atoms with Gasteiger partial charge in [0.1, 0.15) is 6.73 Å². The summed E-state index contributed by atoms with van der Waals surface area (Å²) < 4.78 is 9.03. The van der Waals surface area contributed by atoms with Crippen molar-refractivity contribution >= 4 is 41.7 Å². The van der Waals surface area contributed by atoms with Crippen LogP contribution < -0.4 is 0 Å². The van der Waals surface area contributed by atoms with Gasteiger partial charge in [-0.05, 0) is 46.8 Å². The molecule has 0 N–H and O–H groups in total. The van der Waals surface area contributed by atoms with Crippen LogP contribution in [0.15, 0.2) is 24.5 Å². The Morgan fingerprint density at radius 2 is 2.11 bits per heavy atom. The molecule has 0 unspecified atom stereocenters. The summed E-state index contributed by atoms with van der Waals surface area (Å²) in [6.07, 6.45) is 1.86. The van der Waals surface area contributed by atoms with Crippen LogP contribution in [0.4, 0.5) is 0 Å². The van der Waals surface area contributed by atoms with Crippen molar-refractivity contribution < 1.29 is 4.74 Å². The lowest BCUT2D eigenvalue weighted by Crippen LogP contribution is -2.21. The molecule has 1 aromatic carbocycles. The minimum atomic E-state index is -0.991. The highest BCUT2D eigenvalue weighted by molar-refractivity contribution is 14.1. The first-order valence-electron chi connectivity index (χ1n) is 6.14. The lowest BCUT2D eigenvalue weighted by Gasteiger charge is -2.15. The van der Waals surface area contributed by atoms with E-state index < -0.39 is 8.07 Å². The number of hydrogen-bond donors (Lipinski definition) is 0. The van der Waals surface area contributed by atoms with Crippen molar-refractivity contribution in [1.29, 1.82) is 0 Å². The Bertz CT molecular complexity index is 533. The normalized spacial score (nSPS) is 12.2. The van der Waals surface area contributed by atoms with Gasteiger partial charge in [0.2, 0.25) is 0 Å². The summed E-state index contributed by atoms with van der Waals surface area (Å²) in [6, 6.07) is 7.50. The lowest BCUT2D eigenvalue weighted by atomic mass is 10.3. The fourth-order valence-corrected chi connectivity index (χ4v) is 2.91. The molecule has 5 heteroatoms. The molecule has 0 saturated heterocycles. The van der Waals surface area contributed by atoms with E-state index in [4.69, 9.17) is 4.74 Å². The van der Waals surface area contributed by atoms with Crippen LogP contribution in [-0.2, 0) is 11.5 Å². The third-order valence-corrected chi connectivity index (χ3v) is 5.18. The topological polar surface area (TPSA) is 27.1 Å². The first kappa shape index (κ1) is 14.0. The quantitative estimate of drug-likeness (QED) is 0.450. The van der Waals surface area contributed by atoms with Gasteiger partial charge in [0.15, 0.2) is 0 Å². The van der Waals surface area contributed by atoms with Gasteiger partial charge >= 0.3 is 0 Å². The molecule has 3 nitrogen and oxygen atoms in total. The van der Waals surface area contributed by atoms with Gasteiger partial charge in [0.05, 0.1) is 17.4 Å². The predicted molar refractivity (Wildman–Crippen MR) is 86.6 cm³/mol. The standard InChI is InChI=1S/C13H19IN2OSi/c1-18(2,3)7-6-17-10-16-9-15-12-8-11(14)4-5-13(12)16/h4-5,8-9H,6-7,10H2,1-3H3. The van der Waals surface area contributed by atoms with Crippen molar-refractivity contribution in [2.24, 2.45) is 0 Å². The van der Waals surface area contributed by atoms with Crippen molar-refractivity contribution in [3.63, 3.8) is 0 Å². The molecule has 0 saturated carbocycles. The van der Waals surface area contributed by atoms with Gasteiger partial charge in [-0.1, -0.05) is 19.6 Å². The fourth-order valence-electron chi connectivity index (χ4n) is 1.68. The third-order valence-electron chi connectivity index (χ3n) is 2.81. The summed E-state index contributed by atoms with van der Waals surface area (Å²) in [4.78, 5) is 4.39. The number of hydrogen-bond acceptors (Lipinski definition) is 2. The second kappa shape index (κ2) is 5.71. The summed E-state index contributed by atoms with van der Waals surface area (Å²) in [5, 5.41) is 0. The molecule has 2 rings (SSSR count). The van der Waals surface area contributed by atoms with Crippen molar-refractivity contribution in [1.82, 2.24) is 9.55 Å². The maximum atomic E-state index is 5.75. The van der Waals surface area contributed by atoms with Crippen LogP contribution in [0.2, 0.25) is 25.7 Å². The highest BCUT2D eigenvalue weighted by Gasteiger charge is 2.12. The maximum absolute atomic E-state index is 5.75. The zero-order valence-corrected chi connectivity index (χ0v) is 14.3. The average Bonchev–Trinajstić information content (AvgIpc) is 2.65. The van der Waals surface area contributed by atoms with E-state index in [1.54, 1.807) is 0 Å². The number of ether oxygens (including phenoxy) is 1. The number of imidazole rings is 1. The maximum Gasteiger partial charge on any atom is 0.124 e. The van der Waals surface area contributed by atoms with Gasteiger partial charge in [0, 0.05) is 18.3 Å². The number of benzene rings is 1. The van der Waals surface area contributed by atoms with Gasteiger partial charge in [0.25, 0.3) is 0 Å². The summed E-state index contributed by atoms with van der Waals surface area (Å²) in [5.41, 5.74) is 2.18. The van der Waals surface area contributed by atoms with Crippen LogP contribution in [0.5, 0.6) is 0 Å². The predicted octanol–water partition coefficient (Wildman–Crippen LogP) is 3.95. The van der Waals surface area contributed by atoms with E-state index in [1.165, 1.54) is 9.61 Å². The van der Waals surface area contributed by atoms with E-state index in [-0.39, 0.29) is 0 Å². The molecule has 0 fully saturated rings. The summed E-state index contributed by atoms with van der Waals surface area (Å²) in [5.74, 6) is 0. The summed E-state index contributed by atoms with van der Waals surface area (Å²) in [6.45, 7) is 8.54. The van der Waals surface area contributed by atoms with Crippen LogP contribution in [0.25, 0.3) is 11.0 Å². The number of fused-ring (bicyclic) bond motifs is 1. The van der Waals surface area contributed by atoms with Crippen molar-refractivity contribution in [2.45, 2.75) is 32.4 Å². The molecule has 0 spiro atoms. The van der Waals surface area contributed by atoms with E-state index in [1.807, 2.05) is 6.33 Å². The molecule has 1 aromatic heterocycles. The molecule has 98 valence electrons. The SMILES string of the molecule is C[Si](C)(C)CCOCn1cnc2cc(I)ccc21. The van der Waals surface area contributed by atoms with E-state index >= 15 is 0 Å². The van der Waals surface area contributed by atoms with Crippen LogP contribution in [-0.4, -0.2) is 24.2 Å². The average molecular weight is 374 g/mol. The third kappa shape index (κ3) is 3.79. The number of halogens is 1. The molecular weight excluding hydrogens is 355 g/mol. The largest absolute Gasteiger partial charge is 0.361 e. The molecular formula is C13H19IN2OSi. The van der Waals surface area contributed by atoms with E-state index in [0.29, 0.717) is 6.73 Å². The Kier molecular flexibility index (Phi) is 4.44. The van der Waals surface area contributed by atoms with Gasteiger partial charge in [-0.2, -0.15) is 0 Å². The molecule has 1 heterocycles. The molecule has 0 amide bonds. The molecule has 2 aromatic rings. The summed E-state index contributed by atoms with van der Waals surface area (Å²) in [7, 11) is -0.991. The Morgan fingerprint density at radius 3 is 2.83 bits per heavy atom. The molecule has 0 bridgehead atoms. The van der Waals surface area contributed by atoms with Crippen molar-refractivity contribution in [2.75, 3.05) is 6.61 Å². The first-order valence-corrected chi connectivity index (χ1v) is 10.9. The van der Waals surface area contributed by atoms with E-state index in [9.17, 15) is 0 Å². The van der Waals surface area contributed by atoms with E-state index in [0.717, 1.165) is 17.6 Å². The van der Waals surface area contributed by atoms with Crippen LogP contribution >= 0.6 is 22.6 Å². The Labute approximate surface area is 123 Å². The molecule has 0 atom stereocenters. The molecule has 0 aliphatic heterocycles. The zero-order chi connectivity index (χ0) is 13.2. The van der Waals surface area contributed by atoms with Gasteiger partial charge in [-0.15, -0.1) is 0 Å². The Balaban J connectivity index is 1.96. The monoisotopic (exact) mass is 374 g/mol. The lowest BCUT2D eigenvalue weighted by molar-refractivity contribution is 0.0898. The molecule has 0 radical (unpaired) electrons. The van der Waals surface area contributed by atoms with Crippen LogP contribution in [0, 0.1) is 3.57 Å². The number of nitrogens with zero attached hydrogens (tertiary/aromatic N) is 2. The minimum absolute atomic E-state index is 0.599. The number of aromatic nitrogens is 2. The smallest absolute Gasteiger partial charge is 0.124 e. The van der Waals surface area contributed by atoms with Gasteiger partial charge in [-0.3, -0.25) is 0 Å². The van der Waals surface area contributed by atoms with Gasteiger partial charge < -0.3 is 9.30 Å². The van der Waals surface area contributed by atoms with E-state index in [2.05, 4.69) is 70.0 Å².